The first-order valence-electron chi connectivity index (χ1n) is 11.6. The lowest BCUT2D eigenvalue weighted by molar-refractivity contribution is -0.0471. The van der Waals surface area contributed by atoms with Crippen molar-refractivity contribution in [3.8, 4) is 0 Å². The van der Waals surface area contributed by atoms with E-state index in [1.54, 1.807) is 13.1 Å². The standard InChI is InChI=1S/C21H29N4O10PS/c1-10-6-25(20(29)22-18(10)28)17-5-15(16(8-26)34-17)35-36(31,32)33-9-12-3-13(4-14(12)27)24-7-11(2)19(37)23-21(24)30/h6-7,12-17,26-27H,3-5,8-9H2,1-2H3,(H,31,32)(H,22,28,29)(H,23,30,37). The summed E-state index contributed by atoms with van der Waals surface area (Å²) >= 11 is 5.07. The first-order chi connectivity index (χ1) is 17.4. The van der Waals surface area contributed by atoms with Gasteiger partial charge in [0, 0.05) is 41.9 Å². The van der Waals surface area contributed by atoms with E-state index in [9.17, 15) is 34.1 Å². The first kappa shape index (κ1) is 27.8. The van der Waals surface area contributed by atoms with Crippen LogP contribution >= 0.6 is 20.0 Å². The number of hydrogen-bond donors (Lipinski definition) is 5. The fourth-order valence-electron chi connectivity index (χ4n) is 4.68. The summed E-state index contributed by atoms with van der Waals surface area (Å²) in [6, 6.07) is -0.359. The molecule has 0 aromatic carbocycles. The van der Waals surface area contributed by atoms with Crippen LogP contribution in [0.3, 0.4) is 0 Å². The van der Waals surface area contributed by atoms with Crippen molar-refractivity contribution < 1.29 is 33.5 Å². The van der Waals surface area contributed by atoms with Crippen LogP contribution in [0.25, 0.3) is 0 Å². The summed E-state index contributed by atoms with van der Waals surface area (Å²) in [5.74, 6) is -0.548. The highest BCUT2D eigenvalue weighted by Gasteiger charge is 2.43. The Morgan fingerprint density at radius 1 is 1.11 bits per heavy atom. The van der Waals surface area contributed by atoms with Crippen LogP contribution in [0.2, 0.25) is 0 Å². The predicted octanol–water partition coefficient (Wildman–Crippen LogP) is 0.167. The number of rotatable bonds is 8. The molecule has 1 aliphatic carbocycles. The second-order valence-corrected chi connectivity index (χ2v) is 11.2. The van der Waals surface area contributed by atoms with Gasteiger partial charge in [0.05, 0.1) is 19.3 Å². The largest absolute Gasteiger partial charge is 0.472 e. The minimum absolute atomic E-state index is 0.0731. The van der Waals surface area contributed by atoms with E-state index < -0.39 is 61.8 Å². The number of H-pyrrole nitrogens is 2. The Morgan fingerprint density at radius 2 is 1.78 bits per heavy atom. The van der Waals surface area contributed by atoms with Crippen molar-refractivity contribution in [1.29, 1.82) is 0 Å². The van der Waals surface area contributed by atoms with E-state index in [2.05, 4.69) is 9.97 Å². The van der Waals surface area contributed by atoms with Gasteiger partial charge < -0.3 is 19.8 Å². The molecule has 0 radical (unpaired) electrons. The number of phosphoric acid groups is 1. The molecule has 0 spiro atoms. The summed E-state index contributed by atoms with van der Waals surface area (Å²) in [6.45, 7) is 2.38. The Kier molecular flexibility index (Phi) is 8.16. The zero-order valence-corrected chi connectivity index (χ0v) is 21.8. The third-order valence-corrected chi connectivity index (χ3v) is 8.15. The highest BCUT2D eigenvalue weighted by atomic mass is 32.1. The number of ether oxygens (including phenoxy) is 1. The smallest absolute Gasteiger partial charge is 0.394 e. The Morgan fingerprint density at radius 3 is 2.49 bits per heavy atom. The predicted molar refractivity (Wildman–Crippen MR) is 131 cm³/mol. The number of aromatic amines is 2. The number of nitrogens with zero attached hydrogens (tertiary/aromatic N) is 2. The van der Waals surface area contributed by atoms with E-state index >= 15 is 0 Å². The van der Waals surface area contributed by atoms with Crippen molar-refractivity contribution in [2.75, 3.05) is 13.2 Å². The van der Waals surface area contributed by atoms with Crippen molar-refractivity contribution in [2.24, 2.45) is 5.92 Å². The fraction of sp³-hybridized carbons (Fsp3) is 0.619. The average Bonchev–Trinajstić information content (AvgIpc) is 3.39. The minimum atomic E-state index is -4.67. The number of nitrogens with one attached hydrogen (secondary N) is 2. The number of aliphatic hydroxyl groups is 2. The van der Waals surface area contributed by atoms with Gasteiger partial charge in [0.25, 0.3) is 5.56 Å². The van der Waals surface area contributed by atoms with Gasteiger partial charge in [-0.05, 0) is 26.7 Å². The maximum atomic E-state index is 12.7. The van der Waals surface area contributed by atoms with Crippen LogP contribution in [0.1, 0.15) is 42.7 Å². The van der Waals surface area contributed by atoms with E-state index in [-0.39, 0.29) is 31.1 Å². The van der Waals surface area contributed by atoms with Crippen LogP contribution in [0.15, 0.2) is 26.8 Å². The Labute approximate surface area is 215 Å². The molecule has 1 aliphatic heterocycles. The quantitative estimate of drug-likeness (QED) is 0.218. The number of phosphoric ester groups is 1. The molecular weight excluding hydrogens is 531 g/mol. The number of aromatic nitrogens is 4. The highest BCUT2D eigenvalue weighted by Crippen LogP contribution is 2.49. The average molecular weight is 561 g/mol. The normalized spacial score (nSPS) is 29.4. The van der Waals surface area contributed by atoms with E-state index in [1.165, 1.54) is 17.7 Å². The molecule has 1 saturated carbocycles. The van der Waals surface area contributed by atoms with Crippen molar-refractivity contribution >= 4 is 20.0 Å². The number of aryl methyl sites for hydroxylation is 2. The second-order valence-electron chi connectivity index (χ2n) is 9.37. The number of hydrogen-bond acceptors (Lipinski definition) is 10. The van der Waals surface area contributed by atoms with Gasteiger partial charge in [-0.25, -0.2) is 14.2 Å². The maximum Gasteiger partial charge on any atom is 0.472 e. The summed E-state index contributed by atoms with van der Waals surface area (Å²) in [6.07, 6.45) is -0.585. The molecule has 2 aromatic heterocycles. The molecule has 2 fully saturated rings. The lowest BCUT2D eigenvalue weighted by Crippen LogP contribution is -2.33. The van der Waals surface area contributed by atoms with Gasteiger partial charge in [-0.15, -0.1) is 0 Å². The van der Waals surface area contributed by atoms with Crippen LogP contribution in [-0.4, -0.2) is 65.7 Å². The third kappa shape index (κ3) is 6.10. The molecule has 0 bridgehead atoms. The Bertz CT molecular complexity index is 1430. The Balaban J connectivity index is 1.39. The van der Waals surface area contributed by atoms with E-state index in [4.69, 9.17) is 26.0 Å². The van der Waals surface area contributed by atoms with E-state index in [0.29, 0.717) is 16.6 Å². The molecule has 4 rings (SSSR count). The van der Waals surface area contributed by atoms with Crippen LogP contribution in [0, 0.1) is 24.4 Å². The maximum absolute atomic E-state index is 12.7. The summed E-state index contributed by atoms with van der Waals surface area (Å²) in [4.78, 5) is 51.2. The van der Waals surface area contributed by atoms with Gasteiger partial charge in [-0.1, -0.05) is 12.2 Å². The summed E-state index contributed by atoms with van der Waals surface area (Å²) in [5, 5.41) is 20.1. The SMILES string of the molecule is Cc1cn(C2CC(OP(=O)(O)OCC3CC(n4cc(C)c(=S)[nH]c4=O)CC3O)C(CO)O2)c(=O)[nH]c1=O. The van der Waals surface area contributed by atoms with Gasteiger partial charge in [0.1, 0.15) is 23.1 Å². The molecule has 7 unspecified atom stereocenters. The Hall–Kier alpha value is -2.23. The van der Waals surface area contributed by atoms with Crippen molar-refractivity contribution in [3.63, 3.8) is 0 Å². The number of aliphatic hydroxyl groups excluding tert-OH is 2. The van der Waals surface area contributed by atoms with Crippen LogP contribution < -0.4 is 16.9 Å². The van der Waals surface area contributed by atoms with E-state index in [0.717, 1.165) is 4.57 Å². The topological polar surface area (TPSA) is 198 Å². The molecule has 14 nitrogen and oxygen atoms in total. The molecule has 1 saturated heterocycles. The van der Waals surface area contributed by atoms with E-state index in [1.807, 2.05) is 0 Å². The highest BCUT2D eigenvalue weighted by molar-refractivity contribution is 7.71. The molecule has 3 heterocycles. The summed E-state index contributed by atoms with van der Waals surface area (Å²) in [5.41, 5.74) is -0.737. The van der Waals surface area contributed by atoms with Crippen molar-refractivity contribution in [2.45, 2.75) is 63.7 Å². The first-order valence-corrected chi connectivity index (χ1v) is 13.5. The van der Waals surface area contributed by atoms with Crippen LogP contribution in [0.4, 0.5) is 0 Å². The molecule has 2 aliphatic rings. The molecular formula is C21H29N4O10PS. The van der Waals surface area contributed by atoms with Gasteiger partial charge in [0.15, 0.2) is 0 Å². The fourth-order valence-corrected chi connectivity index (χ4v) is 5.82. The third-order valence-electron chi connectivity index (χ3n) is 6.71. The van der Waals surface area contributed by atoms with Crippen LogP contribution in [-0.2, 0) is 18.3 Å². The lowest BCUT2D eigenvalue weighted by atomic mass is 10.1. The molecule has 37 heavy (non-hydrogen) atoms. The molecule has 204 valence electrons. The zero-order valence-electron chi connectivity index (χ0n) is 20.1. The molecule has 7 atom stereocenters. The summed E-state index contributed by atoms with van der Waals surface area (Å²) < 4.78 is 31.6. The lowest BCUT2D eigenvalue weighted by Gasteiger charge is -2.21. The molecule has 5 N–H and O–H groups in total. The van der Waals surface area contributed by atoms with Crippen LogP contribution in [0.5, 0.6) is 0 Å². The van der Waals surface area contributed by atoms with Crippen molar-refractivity contribution in [3.05, 3.63) is 59.5 Å². The zero-order chi connectivity index (χ0) is 27.1. The molecule has 16 heteroatoms. The van der Waals surface area contributed by atoms with Crippen molar-refractivity contribution in [1.82, 2.24) is 19.1 Å². The van der Waals surface area contributed by atoms with Gasteiger partial charge in [-0.3, -0.25) is 32.9 Å². The molecule has 0 amide bonds. The minimum Gasteiger partial charge on any atom is -0.394 e. The van der Waals surface area contributed by atoms with Gasteiger partial charge in [-0.2, -0.15) is 0 Å². The summed E-state index contributed by atoms with van der Waals surface area (Å²) in [7, 11) is -4.67. The monoisotopic (exact) mass is 560 g/mol. The molecule has 2 aromatic rings. The van der Waals surface area contributed by atoms with Gasteiger partial charge in [0.2, 0.25) is 0 Å². The van der Waals surface area contributed by atoms with Gasteiger partial charge >= 0.3 is 19.2 Å². The second kappa shape index (κ2) is 10.9.